The molecule has 0 saturated carbocycles. The Hall–Kier alpha value is -3.19. The Morgan fingerprint density at radius 3 is 1.78 bits per heavy atom. The SMILES string of the molecule is Fc1ccc2c(c1-c1cccc3c1Cc1ccccc1-3)Cc1ccccc1-2. The second-order valence-electron chi connectivity index (χ2n) is 7.45. The van der Waals surface area contributed by atoms with Crippen LogP contribution in [0.2, 0.25) is 0 Å². The summed E-state index contributed by atoms with van der Waals surface area (Å²) in [5.74, 6) is -0.120. The number of hydrogen-bond donors (Lipinski definition) is 0. The second-order valence-corrected chi connectivity index (χ2v) is 7.45. The van der Waals surface area contributed by atoms with E-state index in [1.807, 2.05) is 6.07 Å². The molecule has 0 amide bonds. The van der Waals surface area contributed by atoms with Gasteiger partial charge in [-0.15, -0.1) is 0 Å². The first kappa shape index (κ1) is 14.9. The summed E-state index contributed by atoms with van der Waals surface area (Å²) < 4.78 is 15.2. The third-order valence-electron chi connectivity index (χ3n) is 6.06. The van der Waals surface area contributed by atoms with Gasteiger partial charge in [-0.25, -0.2) is 4.39 Å². The van der Waals surface area contributed by atoms with E-state index in [-0.39, 0.29) is 5.82 Å². The first-order valence-electron chi connectivity index (χ1n) is 9.41. The number of rotatable bonds is 1. The first-order chi connectivity index (χ1) is 13.3. The minimum atomic E-state index is -0.120. The standard InChI is InChI=1S/C26H17F/c27-25-13-12-21-19-9-4-2-7-17(19)15-24(21)26(25)22-11-5-10-20-18-8-3-1-6-16(18)14-23(20)22/h1-13H,14-15H2. The molecule has 0 aliphatic heterocycles. The average molecular weight is 348 g/mol. The molecule has 2 aliphatic carbocycles. The van der Waals surface area contributed by atoms with Gasteiger partial charge in [0.1, 0.15) is 5.82 Å². The van der Waals surface area contributed by atoms with Gasteiger partial charge in [-0.05, 0) is 69.0 Å². The molecule has 0 saturated heterocycles. The molecule has 0 bridgehead atoms. The predicted octanol–water partition coefficient (Wildman–Crippen LogP) is 6.64. The first-order valence-corrected chi connectivity index (χ1v) is 9.41. The van der Waals surface area contributed by atoms with Gasteiger partial charge in [0.05, 0.1) is 0 Å². The van der Waals surface area contributed by atoms with Crippen molar-refractivity contribution in [2.75, 3.05) is 0 Å². The summed E-state index contributed by atoms with van der Waals surface area (Å²) in [6, 6.07) is 26.9. The van der Waals surface area contributed by atoms with Gasteiger partial charge in [0.2, 0.25) is 0 Å². The Kier molecular flexibility index (Phi) is 2.99. The van der Waals surface area contributed by atoms with Gasteiger partial charge in [-0.3, -0.25) is 0 Å². The van der Waals surface area contributed by atoms with Crippen LogP contribution in [0.4, 0.5) is 4.39 Å². The van der Waals surface area contributed by atoms with E-state index in [4.69, 9.17) is 0 Å². The minimum Gasteiger partial charge on any atom is -0.206 e. The van der Waals surface area contributed by atoms with Gasteiger partial charge in [0.25, 0.3) is 0 Å². The number of hydrogen-bond acceptors (Lipinski definition) is 0. The molecule has 4 aromatic carbocycles. The molecule has 0 nitrogen and oxygen atoms in total. The van der Waals surface area contributed by atoms with Gasteiger partial charge in [0.15, 0.2) is 0 Å². The molecule has 1 heteroatoms. The normalized spacial score (nSPS) is 13.1. The van der Waals surface area contributed by atoms with Crippen molar-refractivity contribution in [2.24, 2.45) is 0 Å². The molecule has 0 heterocycles. The van der Waals surface area contributed by atoms with Crippen LogP contribution in [0.25, 0.3) is 33.4 Å². The van der Waals surface area contributed by atoms with Crippen LogP contribution in [0.15, 0.2) is 78.9 Å². The van der Waals surface area contributed by atoms with E-state index in [1.54, 1.807) is 6.07 Å². The van der Waals surface area contributed by atoms with E-state index in [9.17, 15) is 0 Å². The van der Waals surface area contributed by atoms with E-state index < -0.39 is 0 Å². The summed E-state index contributed by atoms with van der Waals surface area (Å²) in [5.41, 5.74) is 11.8. The maximum Gasteiger partial charge on any atom is 0.131 e. The highest BCUT2D eigenvalue weighted by atomic mass is 19.1. The van der Waals surface area contributed by atoms with Crippen molar-refractivity contribution in [1.82, 2.24) is 0 Å². The van der Waals surface area contributed by atoms with Crippen molar-refractivity contribution in [1.29, 1.82) is 0 Å². The average Bonchev–Trinajstić information content (AvgIpc) is 3.26. The van der Waals surface area contributed by atoms with E-state index in [1.165, 1.54) is 38.9 Å². The molecular formula is C26H17F. The monoisotopic (exact) mass is 348 g/mol. The van der Waals surface area contributed by atoms with Gasteiger partial charge in [-0.1, -0.05) is 72.8 Å². The summed E-state index contributed by atoms with van der Waals surface area (Å²) in [4.78, 5) is 0. The Labute approximate surface area is 157 Å². The zero-order valence-electron chi connectivity index (χ0n) is 14.8. The van der Waals surface area contributed by atoms with Crippen LogP contribution in [0, 0.1) is 5.82 Å². The Morgan fingerprint density at radius 1 is 0.481 bits per heavy atom. The van der Waals surface area contributed by atoms with Gasteiger partial charge in [0, 0.05) is 5.56 Å². The summed E-state index contributed by atoms with van der Waals surface area (Å²) in [6.07, 6.45) is 1.67. The van der Waals surface area contributed by atoms with Crippen LogP contribution >= 0.6 is 0 Å². The van der Waals surface area contributed by atoms with Crippen molar-refractivity contribution in [3.8, 4) is 33.4 Å². The summed E-state index contributed by atoms with van der Waals surface area (Å²) in [6.45, 7) is 0. The van der Waals surface area contributed by atoms with E-state index in [2.05, 4.69) is 66.7 Å². The fraction of sp³-hybridized carbons (Fsp3) is 0.0769. The summed E-state index contributed by atoms with van der Waals surface area (Å²) in [7, 11) is 0. The number of fused-ring (bicyclic) bond motifs is 6. The highest BCUT2D eigenvalue weighted by Gasteiger charge is 2.27. The second kappa shape index (κ2) is 5.40. The Morgan fingerprint density at radius 2 is 1.04 bits per heavy atom. The molecule has 2 aliphatic rings. The molecule has 27 heavy (non-hydrogen) atoms. The van der Waals surface area contributed by atoms with Gasteiger partial charge >= 0.3 is 0 Å². The van der Waals surface area contributed by atoms with Crippen LogP contribution in [0.1, 0.15) is 22.3 Å². The number of benzene rings is 4. The van der Waals surface area contributed by atoms with Crippen molar-refractivity contribution in [3.63, 3.8) is 0 Å². The lowest BCUT2D eigenvalue weighted by Crippen LogP contribution is -1.96. The number of halogens is 1. The zero-order chi connectivity index (χ0) is 18.0. The molecule has 0 unspecified atom stereocenters. The molecule has 0 atom stereocenters. The molecule has 0 spiro atoms. The molecule has 4 aromatic rings. The smallest absolute Gasteiger partial charge is 0.131 e. The predicted molar refractivity (Wildman–Crippen MR) is 108 cm³/mol. The van der Waals surface area contributed by atoms with Crippen molar-refractivity contribution in [3.05, 3.63) is 107 Å². The highest BCUT2D eigenvalue weighted by Crippen LogP contribution is 2.47. The van der Waals surface area contributed by atoms with E-state index >= 15 is 4.39 Å². The van der Waals surface area contributed by atoms with Crippen LogP contribution < -0.4 is 0 Å². The lowest BCUT2D eigenvalue weighted by Gasteiger charge is -2.14. The van der Waals surface area contributed by atoms with Crippen LogP contribution in [-0.2, 0) is 12.8 Å². The largest absolute Gasteiger partial charge is 0.206 e. The van der Waals surface area contributed by atoms with Crippen LogP contribution in [0.3, 0.4) is 0 Å². The zero-order valence-corrected chi connectivity index (χ0v) is 14.8. The topological polar surface area (TPSA) is 0 Å². The Balaban J connectivity index is 1.61. The van der Waals surface area contributed by atoms with Gasteiger partial charge < -0.3 is 0 Å². The van der Waals surface area contributed by atoms with E-state index in [0.717, 1.165) is 29.5 Å². The summed E-state index contributed by atoms with van der Waals surface area (Å²) in [5, 5.41) is 0. The lowest BCUT2D eigenvalue weighted by atomic mass is 9.90. The molecule has 0 fully saturated rings. The lowest BCUT2D eigenvalue weighted by molar-refractivity contribution is 0.630. The molecule has 0 aromatic heterocycles. The van der Waals surface area contributed by atoms with Crippen LogP contribution in [0.5, 0.6) is 0 Å². The molecular weight excluding hydrogens is 331 g/mol. The quantitative estimate of drug-likeness (QED) is 0.313. The third kappa shape index (κ3) is 2.03. The van der Waals surface area contributed by atoms with Crippen LogP contribution in [-0.4, -0.2) is 0 Å². The fourth-order valence-corrected chi connectivity index (χ4v) is 4.87. The molecule has 0 N–H and O–H groups in total. The fourth-order valence-electron chi connectivity index (χ4n) is 4.87. The Bertz CT molecular complexity index is 1230. The van der Waals surface area contributed by atoms with E-state index in [0.29, 0.717) is 0 Å². The maximum absolute atomic E-state index is 15.2. The maximum atomic E-state index is 15.2. The third-order valence-corrected chi connectivity index (χ3v) is 6.06. The minimum absolute atomic E-state index is 0.120. The summed E-state index contributed by atoms with van der Waals surface area (Å²) >= 11 is 0. The van der Waals surface area contributed by atoms with Gasteiger partial charge in [-0.2, -0.15) is 0 Å². The highest BCUT2D eigenvalue weighted by molar-refractivity contribution is 5.90. The molecule has 6 rings (SSSR count). The van der Waals surface area contributed by atoms with Crippen molar-refractivity contribution in [2.45, 2.75) is 12.8 Å². The van der Waals surface area contributed by atoms with Crippen molar-refractivity contribution >= 4 is 0 Å². The molecule has 0 radical (unpaired) electrons. The molecule has 128 valence electrons. The van der Waals surface area contributed by atoms with Crippen molar-refractivity contribution < 1.29 is 4.39 Å².